The molecule has 2 aromatic carbocycles. The second-order valence-electron chi connectivity index (χ2n) is 7.40. The molecule has 0 radical (unpaired) electrons. The summed E-state index contributed by atoms with van der Waals surface area (Å²) in [6, 6.07) is 12.6. The Morgan fingerprint density at radius 1 is 1.00 bits per heavy atom. The van der Waals surface area contributed by atoms with Crippen molar-refractivity contribution in [3.8, 4) is 0 Å². The predicted octanol–water partition coefficient (Wildman–Crippen LogP) is 2.24. The first-order valence-corrected chi connectivity index (χ1v) is 9.88. The van der Waals surface area contributed by atoms with Crippen LogP contribution in [0.15, 0.2) is 42.5 Å². The smallest absolute Gasteiger partial charge is 0.251 e. The molecule has 0 aliphatic heterocycles. The molecule has 0 aliphatic carbocycles. The molecule has 160 valence electrons. The fourth-order valence-corrected chi connectivity index (χ4v) is 3.04. The van der Waals surface area contributed by atoms with Crippen molar-refractivity contribution in [1.82, 2.24) is 15.5 Å². The Hall–Kier alpha value is -3.19. The van der Waals surface area contributed by atoms with Gasteiger partial charge in [0.15, 0.2) is 0 Å². The SMILES string of the molecule is CNC(=O)c1ccc(CN(C)[C@H](C)C(=O)NCC(=O)Nc2c(C)cccc2C)cc1. The maximum Gasteiger partial charge on any atom is 0.251 e. The largest absolute Gasteiger partial charge is 0.355 e. The maximum absolute atomic E-state index is 12.5. The number of para-hydroxylation sites is 1. The van der Waals surface area contributed by atoms with Gasteiger partial charge in [-0.15, -0.1) is 0 Å². The van der Waals surface area contributed by atoms with Crippen molar-refractivity contribution in [1.29, 1.82) is 0 Å². The molecule has 3 amide bonds. The number of carbonyl (C=O) groups excluding carboxylic acids is 3. The highest BCUT2D eigenvalue weighted by atomic mass is 16.2. The van der Waals surface area contributed by atoms with Gasteiger partial charge in [0.25, 0.3) is 5.91 Å². The zero-order chi connectivity index (χ0) is 22.3. The van der Waals surface area contributed by atoms with Crippen molar-refractivity contribution in [2.75, 3.05) is 26.0 Å². The number of hydrogen-bond donors (Lipinski definition) is 3. The molecule has 30 heavy (non-hydrogen) atoms. The van der Waals surface area contributed by atoms with E-state index in [1.807, 2.05) is 56.1 Å². The fourth-order valence-electron chi connectivity index (χ4n) is 3.04. The molecule has 3 N–H and O–H groups in total. The molecule has 0 unspecified atom stereocenters. The van der Waals surface area contributed by atoms with E-state index < -0.39 is 6.04 Å². The first-order valence-electron chi connectivity index (χ1n) is 9.88. The van der Waals surface area contributed by atoms with E-state index in [4.69, 9.17) is 0 Å². The van der Waals surface area contributed by atoms with E-state index in [9.17, 15) is 14.4 Å². The number of hydrogen-bond acceptors (Lipinski definition) is 4. The molecular weight excluding hydrogens is 380 g/mol. The lowest BCUT2D eigenvalue weighted by molar-refractivity contribution is -0.127. The number of amides is 3. The van der Waals surface area contributed by atoms with E-state index >= 15 is 0 Å². The minimum Gasteiger partial charge on any atom is -0.355 e. The minimum absolute atomic E-state index is 0.0917. The van der Waals surface area contributed by atoms with Crippen LogP contribution in [0.1, 0.15) is 34.0 Å². The number of anilines is 1. The van der Waals surface area contributed by atoms with Gasteiger partial charge in [-0.3, -0.25) is 19.3 Å². The zero-order valence-electron chi connectivity index (χ0n) is 18.2. The Kier molecular flexibility index (Phi) is 8.12. The summed E-state index contributed by atoms with van der Waals surface area (Å²) in [7, 11) is 3.43. The second-order valence-corrected chi connectivity index (χ2v) is 7.40. The topological polar surface area (TPSA) is 90.5 Å². The molecule has 0 spiro atoms. The van der Waals surface area contributed by atoms with Gasteiger partial charge >= 0.3 is 0 Å². The van der Waals surface area contributed by atoms with E-state index in [-0.39, 0.29) is 24.3 Å². The highest BCUT2D eigenvalue weighted by molar-refractivity contribution is 5.96. The Morgan fingerprint density at radius 2 is 1.60 bits per heavy atom. The molecule has 0 saturated heterocycles. The van der Waals surface area contributed by atoms with E-state index in [0.29, 0.717) is 12.1 Å². The first-order chi connectivity index (χ1) is 14.2. The van der Waals surface area contributed by atoms with Gasteiger partial charge < -0.3 is 16.0 Å². The van der Waals surface area contributed by atoms with Gasteiger partial charge in [0, 0.05) is 24.8 Å². The predicted molar refractivity (Wildman–Crippen MR) is 118 cm³/mol. The van der Waals surface area contributed by atoms with Gasteiger partial charge in [-0.05, 0) is 56.6 Å². The molecule has 0 heterocycles. The van der Waals surface area contributed by atoms with Crippen LogP contribution in [-0.2, 0) is 16.1 Å². The van der Waals surface area contributed by atoms with Crippen molar-refractivity contribution >= 4 is 23.4 Å². The highest BCUT2D eigenvalue weighted by Crippen LogP contribution is 2.19. The van der Waals surface area contributed by atoms with Crippen molar-refractivity contribution < 1.29 is 14.4 Å². The second kappa shape index (κ2) is 10.5. The minimum atomic E-state index is -0.420. The summed E-state index contributed by atoms with van der Waals surface area (Å²) in [5.41, 5.74) is 4.31. The summed E-state index contributed by atoms with van der Waals surface area (Å²) < 4.78 is 0. The summed E-state index contributed by atoms with van der Waals surface area (Å²) in [6.45, 7) is 6.10. The molecule has 0 aromatic heterocycles. The summed E-state index contributed by atoms with van der Waals surface area (Å²) in [6.07, 6.45) is 0. The molecular formula is C23H30N4O3. The van der Waals surface area contributed by atoms with Crippen molar-refractivity contribution in [2.45, 2.75) is 33.4 Å². The lowest BCUT2D eigenvalue weighted by atomic mass is 10.1. The van der Waals surface area contributed by atoms with Crippen LogP contribution in [0.4, 0.5) is 5.69 Å². The van der Waals surface area contributed by atoms with Gasteiger partial charge in [0.2, 0.25) is 11.8 Å². The Morgan fingerprint density at radius 3 is 2.17 bits per heavy atom. The molecule has 7 heteroatoms. The Bertz CT molecular complexity index is 889. The Labute approximate surface area is 177 Å². The number of aryl methyl sites for hydroxylation is 2. The van der Waals surface area contributed by atoms with E-state index in [0.717, 1.165) is 22.4 Å². The third kappa shape index (κ3) is 6.15. The van der Waals surface area contributed by atoms with Crippen LogP contribution in [0.5, 0.6) is 0 Å². The van der Waals surface area contributed by atoms with Crippen LogP contribution in [0.25, 0.3) is 0 Å². The van der Waals surface area contributed by atoms with E-state index in [1.165, 1.54) is 0 Å². The molecule has 0 fully saturated rings. The molecule has 2 aromatic rings. The van der Waals surface area contributed by atoms with Gasteiger partial charge in [-0.2, -0.15) is 0 Å². The van der Waals surface area contributed by atoms with Crippen molar-refractivity contribution in [3.63, 3.8) is 0 Å². The summed E-state index contributed by atoms with van der Waals surface area (Å²) in [5.74, 6) is -0.627. The number of likely N-dealkylation sites (N-methyl/N-ethyl adjacent to an activating group) is 1. The molecule has 1 atom stereocenters. The number of rotatable bonds is 8. The van der Waals surface area contributed by atoms with Crippen LogP contribution in [0.3, 0.4) is 0 Å². The van der Waals surface area contributed by atoms with Crippen LogP contribution in [0, 0.1) is 13.8 Å². The normalized spacial score (nSPS) is 11.7. The standard InChI is InChI=1S/C23H30N4O3/c1-15-7-6-8-16(2)21(15)26-20(28)13-25-22(29)17(3)27(5)14-18-9-11-19(12-10-18)23(30)24-4/h6-12,17H,13-14H2,1-5H3,(H,24,30)(H,25,29)(H,26,28)/t17-/m1/s1. The van der Waals surface area contributed by atoms with Crippen molar-refractivity contribution in [3.05, 3.63) is 64.7 Å². The fraction of sp³-hybridized carbons (Fsp3) is 0.348. The third-order valence-electron chi connectivity index (χ3n) is 5.08. The molecule has 0 saturated carbocycles. The highest BCUT2D eigenvalue weighted by Gasteiger charge is 2.19. The number of benzene rings is 2. The van der Waals surface area contributed by atoms with Crippen LogP contribution >= 0.6 is 0 Å². The summed E-state index contributed by atoms with van der Waals surface area (Å²) in [5, 5.41) is 8.14. The van der Waals surface area contributed by atoms with Gasteiger partial charge in [-0.25, -0.2) is 0 Å². The maximum atomic E-state index is 12.5. The average molecular weight is 411 g/mol. The third-order valence-corrected chi connectivity index (χ3v) is 5.08. The Balaban J connectivity index is 1.86. The van der Waals surface area contributed by atoms with Crippen molar-refractivity contribution in [2.24, 2.45) is 0 Å². The van der Waals surface area contributed by atoms with Gasteiger partial charge in [0.05, 0.1) is 12.6 Å². The number of carbonyl (C=O) groups is 3. The van der Waals surface area contributed by atoms with Crippen LogP contribution in [-0.4, -0.2) is 49.3 Å². The zero-order valence-corrected chi connectivity index (χ0v) is 18.2. The van der Waals surface area contributed by atoms with Gasteiger partial charge in [-0.1, -0.05) is 30.3 Å². The molecule has 0 aliphatic rings. The summed E-state index contributed by atoms with van der Waals surface area (Å²) >= 11 is 0. The van der Waals surface area contributed by atoms with E-state index in [2.05, 4.69) is 16.0 Å². The monoisotopic (exact) mass is 410 g/mol. The van der Waals surface area contributed by atoms with Gasteiger partial charge in [0.1, 0.15) is 0 Å². The van der Waals surface area contributed by atoms with Crippen LogP contribution in [0.2, 0.25) is 0 Å². The molecule has 2 rings (SSSR count). The lowest BCUT2D eigenvalue weighted by Gasteiger charge is -2.24. The number of nitrogens with one attached hydrogen (secondary N) is 3. The molecule has 7 nitrogen and oxygen atoms in total. The first kappa shape index (κ1) is 23.1. The quantitative estimate of drug-likeness (QED) is 0.623. The van der Waals surface area contributed by atoms with Crippen LogP contribution < -0.4 is 16.0 Å². The lowest BCUT2D eigenvalue weighted by Crippen LogP contribution is -2.45. The van der Waals surface area contributed by atoms with E-state index in [1.54, 1.807) is 26.1 Å². The average Bonchev–Trinajstić information content (AvgIpc) is 2.74. The molecule has 0 bridgehead atoms. The number of nitrogens with zero attached hydrogens (tertiary/aromatic N) is 1. The summed E-state index contributed by atoms with van der Waals surface area (Å²) in [4.78, 5) is 38.2.